The van der Waals surface area contributed by atoms with Crippen LogP contribution in [0, 0.1) is 0 Å². The first-order chi connectivity index (χ1) is 6.54. The molecule has 0 aliphatic heterocycles. The van der Waals surface area contributed by atoms with Crippen LogP contribution in [-0.2, 0) is 12.0 Å². The summed E-state index contributed by atoms with van der Waals surface area (Å²) in [7, 11) is 0. The third kappa shape index (κ3) is 3.14. The van der Waals surface area contributed by atoms with E-state index in [4.69, 9.17) is 5.73 Å². The standard InChI is InChI=1S/C11H21N3/c1-11(2,3)10-8-14(9-13-10)7-5-4-6-12/h8-9H,4-7,12H2,1-3H3. The Bertz CT molecular complexity index is 270. The van der Waals surface area contributed by atoms with Gasteiger partial charge in [-0.3, -0.25) is 0 Å². The van der Waals surface area contributed by atoms with Gasteiger partial charge < -0.3 is 10.3 Å². The molecule has 0 saturated heterocycles. The van der Waals surface area contributed by atoms with Gasteiger partial charge in [0.15, 0.2) is 0 Å². The maximum Gasteiger partial charge on any atom is 0.0949 e. The Labute approximate surface area is 86.3 Å². The molecule has 1 aromatic rings. The fraction of sp³-hybridized carbons (Fsp3) is 0.727. The van der Waals surface area contributed by atoms with Crippen LogP contribution in [0.5, 0.6) is 0 Å². The van der Waals surface area contributed by atoms with E-state index in [9.17, 15) is 0 Å². The average Bonchev–Trinajstić information content (AvgIpc) is 2.52. The van der Waals surface area contributed by atoms with Gasteiger partial charge in [0.25, 0.3) is 0 Å². The molecule has 3 nitrogen and oxygen atoms in total. The minimum absolute atomic E-state index is 0.152. The number of aromatic nitrogens is 2. The van der Waals surface area contributed by atoms with Crippen molar-refractivity contribution in [3.05, 3.63) is 18.2 Å². The molecule has 0 bridgehead atoms. The summed E-state index contributed by atoms with van der Waals surface area (Å²) in [5.41, 5.74) is 6.75. The number of imidazole rings is 1. The maximum absolute atomic E-state index is 5.44. The van der Waals surface area contributed by atoms with Gasteiger partial charge in [0.1, 0.15) is 0 Å². The predicted octanol–water partition coefficient (Wildman–Crippen LogP) is 1.92. The first-order valence-corrected chi connectivity index (χ1v) is 5.26. The number of rotatable bonds is 4. The fourth-order valence-corrected chi connectivity index (χ4v) is 1.31. The number of nitrogens with two attached hydrogens (primary N) is 1. The van der Waals surface area contributed by atoms with E-state index in [0.29, 0.717) is 0 Å². The van der Waals surface area contributed by atoms with E-state index < -0.39 is 0 Å². The van der Waals surface area contributed by atoms with Crippen LogP contribution in [0.1, 0.15) is 39.3 Å². The Kier molecular flexibility index (Phi) is 3.69. The van der Waals surface area contributed by atoms with Crippen molar-refractivity contribution in [3.8, 4) is 0 Å². The maximum atomic E-state index is 5.44. The molecule has 3 heteroatoms. The van der Waals surface area contributed by atoms with Crippen LogP contribution >= 0.6 is 0 Å². The summed E-state index contributed by atoms with van der Waals surface area (Å²) in [6.45, 7) is 8.35. The zero-order chi connectivity index (χ0) is 10.6. The number of unbranched alkanes of at least 4 members (excludes halogenated alkanes) is 1. The second-order valence-corrected chi connectivity index (χ2v) is 4.74. The summed E-state index contributed by atoms with van der Waals surface area (Å²) in [6.07, 6.45) is 6.27. The summed E-state index contributed by atoms with van der Waals surface area (Å²) in [5, 5.41) is 0. The summed E-state index contributed by atoms with van der Waals surface area (Å²) in [6, 6.07) is 0. The third-order valence-corrected chi connectivity index (χ3v) is 2.27. The number of nitrogens with zero attached hydrogens (tertiary/aromatic N) is 2. The lowest BCUT2D eigenvalue weighted by Crippen LogP contribution is -2.11. The van der Waals surface area contributed by atoms with Crippen molar-refractivity contribution >= 4 is 0 Å². The van der Waals surface area contributed by atoms with Crippen LogP contribution < -0.4 is 5.73 Å². The van der Waals surface area contributed by atoms with Crippen LogP contribution in [0.4, 0.5) is 0 Å². The van der Waals surface area contributed by atoms with Crippen LogP contribution in [0.25, 0.3) is 0 Å². The second kappa shape index (κ2) is 4.60. The monoisotopic (exact) mass is 195 g/mol. The lowest BCUT2D eigenvalue weighted by Gasteiger charge is -2.14. The molecule has 2 N–H and O–H groups in total. The second-order valence-electron chi connectivity index (χ2n) is 4.74. The van der Waals surface area contributed by atoms with Crippen molar-refractivity contribution in [2.45, 2.75) is 45.6 Å². The van der Waals surface area contributed by atoms with E-state index in [2.05, 4.69) is 36.5 Å². The van der Waals surface area contributed by atoms with E-state index >= 15 is 0 Å². The van der Waals surface area contributed by atoms with E-state index in [1.54, 1.807) is 0 Å². The van der Waals surface area contributed by atoms with Crippen molar-refractivity contribution in [3.63, 3.8) is 0 Å². The SMILES string of the molecule is CC(C)(C)c1cn(CCCCN)cn1. The molecule has 1 rings (SSSR count). The highest BCUT2D eigenvalue weighted by Crippen LogP contribution is 2.19. The Morgan fingerprint density at radius 1 is 1.36 bits per heavy atom. The topological polar surface area (TPSA) is 43.8 Å². The average molecular weight is 195 g/mol. The highest BCUT2D eigenvalue weighted by atomic mass is 15.0. The molecule has 14 heavy (non-hydrogen) atoms. The minimum Gasteiger partial charge on any atom is -0.337 e. The highest BCUT2D eigenvalue weighted by molar-refractivity contribution is 5.08. The predicted molar refractivity (Wildman–Crippen MR) is 59.2 cm³/mol. The largest absolute Gasteiger partial charge is 0.337 e. The lowest BCUT2D eigenvalue weighted by atomic mass is 9.93. The summed E-state index contributed by atoms with van der Waals surface area (Å²) >= 11 is 0. The first kappa shape index (κ1) is 11.2. The zero-order valence-electron chi connectivity index (χ0n) is 9.45. The van der Waals surface area contributed by atoms with Gasteiger partial charge in [0.05, 0.1) is 12.0 Å². The van der Waals surface area contributed by atoms with Gasteiger partial charge >= 0.3 is 0 Å². The zero-order valence-corrected chi connectivity index (χ0v) is 9.45. The van der Waals surface area contributed by atoms with Gasteiger partial charge in [-0.05, 0) is 19.4 Å². The van der Waals surface area contributed by atoms with E-state index in [1.165, 1.54) is 0 Å². The summed E-state index contributed by atoms with van der Waals surface area (Å²) < 4.78 is 2.15. The molecule has 0 aliphatic carbocycles. The number of hydrogen-bond acceptors (Lipinski definition) is 2. The number of hydrogen-bond donors (Lipinski definition) is 1. The molecule has 1 aromatic heterocycles. The van der Waals surface area contributed by atoms with Gasteiger partial charge in [-0.1, -0.05) is 20.8 Å². The van der Waals surface area contributed by atoms with Gasteiger partial charge in [-0.25, -0.2) is 4.98 Å². The molecule has 0 unspecified atom stereocenters. The van der Waals surface area contributed by atoms with Crippen LogP contribution in [0.15, 0.2) is 12.5 Å². The van der Waals surface area contributed by atoms with Crippen molar-refractivity contribution in [1.82, 2.24) is 9.55 Å². The fourth-order valence-electron chi connectivity index (χ4n) is 1.31. The molecule has 0 atom stereocenters. The smallest absolute Gasteiger partial charge is 0.0949 e. The van der Waals surface area contributed by atoms with Crippen LogP contribution in [0.2, 0.25) is 0 Å². The molecule has 80 valence electrons. The van der Waals surface area contributed by atoms with Gasteiger partial charge in [0.2, 0.25) is 0 Å². The molecular formula is C11H21N3. The van der Waals surface area contributed by atoms with Crippen molar-refractivity contribution < 1.29 is 0 Å². The molecule has 0 spiro atoms. The lowest BCUT2D eigenvalue weighted by molar-refractivity contribution is 0.568. The molecule has 0 radical (unpaired) electrons. The van der Waals surface area contributed by atoms with E-state index in [-0.39, 0.29) is 5.41 Å². The number of aryl methyl sites for hydroxylation is 1. The molecular weight excluding hydrogens is 174 g/mol. The molecule has 0 saturated carbocycles. The molecule has 0 amide bonds. The normalized spacial score (nSPS) is 12.0. The summed E-state index contributed by atoms with van der Waals surface area (Å²) in [4.78, 5) is 4.40. The minimum atomic E-state index is 0.152. The third-order valence-electron chi connectivity index (χ3n) is 2.27. The molecule has 1 heterocycles. The molecule has 0 fully saturated rings. The first-order valence-electron chi connectivity index (χ1n) is 5.26. The quantitative estimate of drug-likeness (QED) is 0.746. The van der Waals surface area contributed by atoms with E-state index in [0.717, 1.165) is 31.6 Å². The van der Waals surface area contributed by atoms with Crippen molar-refractivity contribution in [1.29, 1.82) is 0 Å². The van der Waals surface area contributed by atoms with Gasteiger partial charge in [-0.15, -0.1) is 0 Å². The Balaban J connectivity index is 2.51. The van der Waals surface area contributed by atoms with Gasteiger partial charge in [-0.2, -0.15) is 0 Å². The Morgan fingerprint density at radius 3 is 2.57 bits per heavy atom. The Morgan fingerprint density at radius 2 is 2.07 bits per heavy atom. The van der Waals surface area contributed by atoms with Gasteiger partial charge in [0, 0.05) is 18.2 Å². The van der Waals surface area contributed by atoms with Crippen molar-refractivity contribution in [2.24, 2.45) is 5.73 Å². The van der Waals surface area contributed by atoms with Crippen molar-refractivity contribution in [2.75, 3.05) is 6.54 Å². The van der Waals surface area contributed by atoms with E-state index in [1.807, 2.05) is 6.33 Å². The molecule has 0 aliphatic rings. The highest BCUT2D eigenvalue weighted by Gasteiger charge is 2.16. The summed E-state index contributed by atoms with van der Waals surface area (Å²) in [5.74, 6) is 0. The van der Waals surface area contributed by atoms with Crippen LogP contribution in [-0.4, -0.2) is 16.1 Å². The molecule has 0 aromatic carbocycles. The van der Waals surface area contributed by atoms with Crippen LogP contribution in [0.3, 0.4) is 0 Å². The Hall–Kier alpha value is -0.830.